The van der Waals surface area contributed by atoms with Crippen LogP contribution in [0.3, 0.4) is 0 Å². The van der Waals surface area contributed by atoms with Crippen LogP contribution in [-0.4, -0.2) is 17.4 Å². The summed E-state index contributed by atoms with van der Waals surface area (Å²) in [4.78, 5) is 26.5. The third-order valence-electron chi connectivity index (χ3n) is 13.2. The molecule has 1 aliphatic heterocycles. The van der Waals surface area contributed by atoms with Gasteiger partial charge in [-0.3, -0.25) is 9.59 Å². The third kappa shape index (κ3) is 2.25. The van der Waals surface area contributed by atoms with Gasteiger partial charge in [-0.15, -0.1) is 0 Å². The molecule has 0 N–H and O–H groups in total. The molecule has 5 aliphatic carbocycles. The lowest BCUT2D eigenvalue weighted by molar-refractivity contribution is -0.231. The van der Waals surface area contributed by atoms with Crippen LogP contribution in [0.15, 0.2) is 12.2 Å². The molecule has 8 atom stereocenters. The summed E-state index contributed by atoms with van der Waals surface area (Å²) in [5, 5.41) is 0. The van der Waals surface area contributed by atoms with E-state index in [1.807, 2.05) is 0 Å². The number of hydrogen-bond donors (Lipinski definition) is 0. The van der Waals surface area contributed by atoms with E-state index in [1.54, 1.807) is 0 Å². The molecule has 1 spiro atoms. The Morgan fingerprint density at radius 1 is 0.848 bits per heavy atom. The monoisotopic (exact) mass is 452 g/mol. The Kier molecular flexibility index (Phi) is 4.05. The second-order valence-electron chi connectivity index (χ2n) is 15.1. The zero-order valence-corrected chi connectivity index (χ0v) is 22.0. The number of Topliss-reactive ketones (excluding diaryl/α,β-unsaturated/α-hetero) is 1. The molecule has 0 radical (unpaired) electrons. The molecule has 182 valence electrons. The Morgan fingerprint density at radius 3 is 2.27 bits per heavy atom. The van der Waals surface area contributed by atoms with Crippen LogP contribution in [0.2, 0.25) is 0 Å². The quantitative estimate of drug-likeness (QED) is 0.297. The molecule has 1 saturated heterocycles. The van der Waals surface area contributed by atoms with Gasteiger partial charge in [0.25, 0.3) is 0 Å². The van der Waals surface area contributed by atoms with E-state index in [2.05, 4.69) is 60.6 Å². The van der Waals surface area contributed by atoms with Crippen molar-refractivity contribution in [3.05, 3.63) is 12.2 Å². The van der Waals surface area contributed by atoms with Crippen LogP contribution in [0.25, 0.3) is 0 Å². The maximum Gasteiger partial charge on any atom is 0.313 e. The van der Waals surface area contributed by atoms with Crippen molar-refractivity contribution in [2.75, 3.05) is 0 Å². The molecule has 0 aromatic heterocycles. The molecule has 4 saturated carbocycles. The van der Waals surface area contributed by atoms with E-state index in [0.717, 1.165) is 51.4 Å². The van der Waals surface area contributed by atoms with Crippen molar-refractivity contribution in [2.24, 2.45) is 50.2 Å². The second-order valence-corrected chi connectivity index (χ2v) is 15.1. The van der Waals surface area contributed by atoms with Crippen molar-refractivity contribution < 1.29 is 14.3 Å². The molecule has 0 aromatic carbocycles. The lowest BCUT2D eigenvalue weighted by Gasteiger charge is -2.71. The SMILES string of the molecule is CC1(C)CC[C@]23CC[C@]4(C)[C@@](C=CC5[C@]6(C)CCC(=O)C(C)(C)C6CC[C@]54C)(OC2=O)C3C1. The van der Waals surface area contributed by atoms with Crippen LogP contribution >= 0.6 is 0 Å². The van der Waals surface area contributed by atoms with Crippen LogP contribution < -0.4 is 0 Å². The molecule has 3 nitrogen and oxygen atoms in total. The van der Waals surface area contributed by atoms with E-state index in [1.165, 1.54) is 0 Å². The minimum Gasteiger partial charge on any atom is -0.453 e. The smallest absolute Gasteiger partial charge is 0.313 e. The number of rotatable bonds is 0. The molecule has 0 amide bonds. The summed E-state index contributed by atoms with van der Waals surface area (Å²) in [7, 11) is 0. The Hall–Kier alpha value is -1.12. The van der Waals surface area contributed by atoms with Gasteiger partial charge in [0, 0.05) is 23.2 Å². The van der Waals surface area contributed by atoms with E-state index in [-0.39, 0.29) is 38.5 Å². The van der Waals surface area contributed by atoms with Crippen molar-refractivity contribution in [3.8, 4) is 0 Å². The fourth-order valence-electron chi connectivity index (χ4n) is 10.9. The van der Waals surface area contributed by atoms with Gasteiger partial charge in [0.15, 0.2) is 0 Å². The summed E-state index contributed by atoms with van der Waals surface area (Å²) >= 11 is 0. The van der Waals surface area contributed by atoms with E-state index in [9.17, 15) is 9.59 Å². The molecule has 6 rings (SSSR count). The topological polar surface area (TPSA) is 43.4 Å². The van der Waals surface area contributed by atoms with Crippen molar-refractivity contribution in [1.29, 1.82) is 0 Å². The molecular formula is C30H44O3. The molecular weight excluding hydrogens is 408 g/mol. The highest BCUT2D eigenvalue weighted by Gasteiger charge is 2.79. The minimum atomic E-state index is -0.464. The van der Waals surface area contributed by atoms with E-state index >= 15 is 0 Å². The first-order valence-corrected chi connectivity index (χ1v) is 13.6. The number of hydrogen-bond acceptors (Lipinski definition) is 3. The number of ketones is 1. The summed E-state index contributed by atoms with van der Waals surface area (Å²) in [6.45, 7) is 16.7. The largest absolute Gasteiger partial charge is 0.453 e. The predicted octanol–water partition coefficient (Wildman–Crippen LogP) is 6.89. The Labute approximate surface area is 200 Å². The second kappa shape index (κ2) is 5.98. The maximum absolute atomic E-state index is 13.6. The number of allylic oxidation sites excluding steroid dienone is 1. The summed E-state index contributed by atoms with van der Waals surface area (Å²) in [6, 6.07) is 0. The first-order chi connectivity index (χ1) is 15.2. The fourth-order valence-corrected chi connectivity index (χ4v) is 10.9. The number of carbonyl (C=O) groups excluding carboxylic acids is 2. The normalized spacial score (nSPS) is 55.7. The molecule has 0 aromatic rings. The average Bonchev–Trinajstić information content (AvgIpc) is 2.89. The average molecular weight is 453 g/mol. The summed E-state index contributed by atoms with van der Waals surface area (Å²) in [5.41, 5.74) is -0.579. The van der Waals surface area contributed by atoms with Crippen molar-refractivity contribution in [1.82, 2.24) is 0 Å². The molecule has 2 bridgehead atoms. The number of carbonyl (C=O) groups is 2. The van der Waals surface area contributed by atoms with Crippen LogP contribution in [0.1, 0.15) is 106 Å². The van der Waals surface area contributed by atoms with Crippen molar-refractivity contribution >= 4 is 11.8 Å². The number of ether oxygens (including phenoxy) is 1. The highest BCUT2D eigenvalue weighted by molar-refractivity contribution is 5.85. The highest BCUT2D eigenvalue weighted by Crippen LogP contribution is 2.79. The highest BCUT2D eigenvalue weighted by atomic mass is 16.6. The number of fused-ring (bicyclic) bond motifs is 4. The Balaban J connectivity index is 1.51. The third-order valence-corrected chi connectivity index (χ3v) is 13.2. The van der Waals surface area contributed by atoms with Gasteiger partial charge in [-0.1, -0.05) is 54.5 Å². The van der Waals surface area contributed by atoms with Crippen molar-refractivity contribution in [2.45, 2.75) is 112 Å². The summed E-state index contributed by atoms with van der Waals surface area (Å²) < 4.78 is 6.67. The molecule has 33 heavy (non-hydrogen) atoms. The van der Waals surface area contributed by atoms with Crippen LogP contribution in [-0.2, 0) is 14.3 Å². The van der Waals surface area contributed by atoms with Gasteiger partial charge in [-0.2, -0.15) is 0 Å². The molecule has 3 heteroatoms. The van der Waals surface area contributed by atoms with Gasteiger partial charge in [0.2, 0.25) is 0 Å². The summed E-state index contributed by atoms with van der Waals surface area (Å²) in [6.07, 6.45) is 14.1. The van der Waals surface area contributed by atoms with Crippen molar-refractivity contribution in [3.63, 3.8) is 0 Å². The maximum atomic E-state index is 13.6. The fraction of sp³-hybridized carbons (Fsp3) is 0.867. The summed E-state index contributed by atoms with van der Waals surface area (Å²) in [5.74, 6) is 1.70. The van der Waals surface area contributed by atoms with E-state index in [0.29, 0.717) is 30.0 Å². The predicted molar refractivity (Wildman–Crippen MR) is 129 cm³/mol. The van der Waals surface area contributed by atoms with E-state index in [4.69, 9.17) is 4.74 Å². The molecule has 3 unspecified atom stereocenters. The van der Waals surface area contributed by atoms with E-state index < -0.39 is 5.60 Å². The lowest BCUT2D eigenvalue weighted by atomic mass is 9.32. The Morgan fingerprint density at radius 2 is 1.55 bits per heavy atom. The van der Waals surface area contributed by atoms with Crippen LogP contribution in [0.5, 0.6) is 0 Å². The van der Waals surface area contributed by atoms with Gasteiger partial charge in [-0.05, 0) is 85.5 Å². The van der Waals surface area contributed by atoms with Gasteiger partial charge in [0.1, 0.15) is 11.4 Å². The molecule has 1 heterocycles. The van der Waals surface area contributed by atoms with Crippen LogP contribution in [0, 0.1) is 50.2 Å². The standard InChI is InChI=1S/C30H44O3/c1-24(2)14-16-29-17-15-28(7)27(6)12-8-19-25(3,4)22(31)10-11-26(19,5)20(27)9-13-30(28,21(29)18-24)33-23(29)32/h9,13,19-21H,8,10-12,14-18H2,1-7H3/t19?,20?,21?,26-,27-,28+,29-,30+/m1/s1. The first-order valence-electron chi connectivity index (χ1n) is 13.6. The zero-order chi connectivity index (χ0) is 23.9. The first kappa shape index (κ1) is 22.4. The van der Waals surface area contributed by atoms with Crippen LogP contribution in [0.4, 0.5) is 0 Å². The zero-order valence-electron chi connectivity index (χ0n) is 22.0. The lowest BCUT2D eigenvalue weighted by Crippen LogP contribution is -2.70. The van der Waals surface area contributed by atoms with Gasteiger partial charge < -0.3 is 4.74 Å². The molecule has 5 fully saturated rings. The Bertz CT molecular complexity index is 975. The van der Waals surface area contributed by atoms with Gasteiger partial charge >= 0.3 is 5.97 Å². The van der Waals surface area contributed by atoms with Gasteiger partial charge in [0.05, 0.1) is 5.41 Å². The number of esters is 1. The van der Waals surface area contributed by atoms with Gasteiger partial charge in [-0.25, -0.2) is 0 Å². The molecule has 6 aliphatic rings. The minimum absolute atomic E-state index is 0.0628.